The number of hydrogen-bond acceptors (Lipinski definition) is 6. The Morgan fingerprint density at radius 1 is 0.909 bits per heavy atom. The molecule has 170 valence electrons. The van der Waals surface area contributed by atoms with Gasteiger partial charge in [-0.3, -0.25) is 4.90 Å². The molecular weight excluding hydrogens is 428 g/mol. The van der Waals surface area contributed by atoms with E-state index in [-0.39, 0.29) is 0 Å². The summed E-state index contributed by atoms with van der Waals surface area (Å²) in [5.74, 6) is 2.95. The Bertz CT molecular complexity index is 1170. The number of ether oxygens (including phenoxy) is 1. The molecule has 2 aromatic heterocycles. The van der Waals surface area contributed by atoms with Gasteiger partial charge >= 0.3 is 0 Å². The van der Waals surface area contributed by atoms with Gasteiger partial charge in [0.15, 0.2) is 0 Å². The first-order chi connectivity index (χ1) is 16.3. The van der Waals surface area contributed by atoms with E-state index in [2.05, 4.69) is 53.1 Å². The van der Waals surface area contributed by atoms with Crippen molar-refractivity contribution in [3.8, 4) is 5.75 Å². The first-order valence-electron chi connectivity index (χ1n) is 11.8. The van der Waals surface area contributed by atoms with E-state index in [1.807, 2.05) is 30.3 Å². The average molecular weight is 459 g/mol. The smallest absolute Gasteiger partial charge is 0.141 e. The number of hydrogen-bond donors (Lipinski definition) is 0. The SMILES string of the molecule is CCc1cc2c(N3CCN(CCOc4ccccc4)CC3)nc(Cc3ccccc3)nc2s1. The van der Waals surface area contributed by atoms with Crippen molar-refractivity contribution in [3.63, 3.8) is 0 Å². The second kappa shape index (κ2) is 10.3. The topological polar surface area (TPSA) is 41.5 Å². The Morgan fingerprint density at radius 3 is 2.36 bits per heavy atom. The maximum atomic E-state index is 5.89. The molecule has 0 radical (unpaired) electrons. The molecule has 0 amide bonds. The van der Waals surface area contributed by atoms with Crippen LogP contribution in [0.4, 0.5) is 5.82 Å². The van der Waals surface area contributed by atoms with Crippen LogP contribution in [0.5, 0.6) is 5.75 Å². The Balaban J connectivity index is 1.28. The van der Waals surface area contributed by atoms with Crippen LogP contribution < -0.4 is 9.64 Å². The van der Waals surface area contributed by atoms with E-state index in [0.717, 1.165) is 67.8 Å². The summed E-state index contributed by atoms with van der Waals surface area (Å²) in [5.41, 5.74) is 1.25. The number of benzene rings is 2. The largest absolute Gasteiger partial charge is 0.492 e. The Hall–Kier alpha value is -2.96. The van der Waals surface area contributed by atoms with Crippen LogP contribution in [0.1, 0.15) is 23.2 Å². The summed E-state index contributed by atoms with van der Waals surface area (Å²) in [6.07, 6.45) is 1.80. The molecule has 2 aromatic carbocycles. The molecule has 0 saturated carbocycles. The lowest BCUT2D eigenvalue weighted by atomic mass is 10.1. The Labute approximate surface area is 199 Å². The van der Waals surface area contributed by atoms with E-state index in [0.29, 0.717) is 6.61 Å². The molecule has 1 saturated heterocycles. The van der Waals surface area contributed by atoms with Gasteiger partial charge in [-0.2, -0.15) is 0 Å². The van der Waals surface area contributed by atoms with E-state index < -0.39 is 0 Å². The monoisotopic (exact) mass is 458 g/mol. The molecule has 1 aliphatic heterocycles. The minimum atomic E-state index is 0.716. The number of fused-ring (bicyclic) bond motifs is 1. The van der Waals surface area contributed by atoms with Crippen molar-refractivity contribution in [1.29, 1.82) is 0 Å². The molecule has 1 fully saturated rings. The molecule has 0 spiro atoms. The van der Waals surface area contributed by atoms with E-state index in [1.165, 1.54) is 15.8 Å². The molecule has 0 unspecified atom stereocenters. The number of nitrogens with zero attached hydrogens (tertiary/aromatic N) is 4. The van der Waals surface area contributed by atoms with Crippen molar-refractivity contribution in [2.45, 2.75) is 19.8 Å². The van der Waals surface area contributed by atoms with Gasteiger partial charge in [-0.15, -0.1) is 11.3 Å². The van der Waals surface area contributed by atoms with Gasteiger partial charge in [0, 0.05) is 44.0 Å². The van der Waals surface area contributed by atoms with E-state index in [1.54, 1.807) is 11.3 Å². The second-order valence-electron chi connectivity index (χ2n) is 8.40. The summed E-state index contributed by atoms with van der Waals surface area (Å²) in [4.78, 5) is 17.4. The molecule has 33 heavy (non-hydrogen) atoms. The van der Waals surface area contributed by atoms with Crippen LogP contribution in [0, 0.1) is 0 Å². The lowest BCUT2D eigenvalue weighted by molar-refractivity contribution is 0.200. The van der Waals surface area contributed by atoms with Gasteiger partial charge in [-0.25, -0.2) is 9.97 Å². The predicted octanol–water partition coefficient (Wildman–Crippen LogP) is 5.05. The number of anilines is 1. The van der Waals surface area contributed by atoms with Gasteiger partial charge in [0.2, 0.25) is 0 Å². The van der Waals surface area contributed by atoms with E-state index in [4.69, 9.17) is 14.7 Å². The number of rotatable bonds is 8. The van der Waals surface area contributed by atoms with Crippen molar-refractivity contribution in [2.24, 2.45) is 0 Å². The van der Waals surface area contributed by atoms with Gasteiger partial charge in [0.05, 0.1) is 5.39 Å². The fraction of sp³-hybridized carbons (Fsp3) is 0.333. The van der Waals surface area contributed by atoms with Gasteiger partial charge < -0.3 is 9.64 Å². The molecule has 0 bridgehead atoms. The summed E-state index contributed by atoms with van der Waals surface area (Å²) in [5, 5.41) is 1.20. The molecule has 1 aliphatic rings. The first kappa shape index (κ1) is 21.9. The number of aromatic nitrogens is 2. The highest BCUT2D eigenvalue weighted by molar-refractivity contribution is 7.18. The standard InChI is InChI=1S/C27H30N4OS/c1-2-23-20-24-26(28-25(29-27(24)33-23)19-21-9-5-3-6-10-21)31-15-13-30(14-16-31)17-18-32-22-11-7-4-8-12-22/h3-12,20H,2,13-19H2,1H3. The number of aryl methyl sites for hydroxylation is 1. The summed E-state index contributed by atoms with van der Waals surface area (Å²) in [7, 11) is 0. The van der Waals surface area contributed by atoms with E-state index >= 15 is 0 Å². The van der Waals surface area contributed by atoms with Crippen LogP contribution in [-0.4, -0.2) is 54.2 Å². The maximum Gasteiger partial charge on any atom is 0.141 e. The number of para-hydroxylation sites is 1. The normalized spacial score (nSPS) is 14.6. The third kappa shape index (κ3) is 5.34. The predicted molar refractivity (Wildman–Crippen MR) is 137 cm³/mol. The summed E-state index contributed by atoms with van der Waals surface area (Å²) in [6.45, 7) is 7.84. The zero-order valence-corrected chi connectivity index (χ0v) is 19.9. The van der Waals surface area contributed by atoms with Crippen molar-refractivity contribution >= 4 is 27.4 Å². The highest BCUT2D eigenvalue weighted by Gasteiger charge is 2.22. The lowest BCUT2D eigenvalue weighted by Crippen LogP contribution is -2.47. The minimum Gasteiger partial charge on any atom is -0.492 e. The van der Waals surface area contributed by atoms with Crippen LogP contribution in [0.3, 0.4) is 0 Å². The molecule has 6 heteroatoms. The fourth-order valence-corrected chi connectivity index (χ4v) is 5.25. The minimum absolute atomic E-state index is 0.716. The molecular formula is C27H30N4OS. The van der Waals surface area contributed by atoms with E-state index in [9.17, 15) is 0 Å². The molecule has 5 nitrogen and oxygen atoms in total. The van der Waals surface area contributed by atoms with Crippen LogP contribution in [-0.2, 0) is 12.8 Å². The molecule has 0 N–H and O–H groups in total. The third-order valence-corrected chi connectivity index (χ3v) is 7.29. The lowest BCUT2D eigenvalue weighted by Gasteiger charge is -2.35. The molecule has 4 aromatic rings. The van der Waals surface area contributed by atoms with Gasteiger partial charge in [-0.05, 0) is 30.2 Å². The zero-order chi connectivity index (χ0) is 22.5. The molecule has 3 heterocycles. The van der Waals surface area contributed by atoms with Crippen LogP contribution >= 0.6 is 11.3 Å². The Morgan fingerprint density at radius 2 is 1.64 bits per heavy atom. The highest BCUT2D eigenvalue weighted by Crippen LogP contribution is 2.32. The zero-order valence-electron chi connectivity index (χ0n) is 19.1. The third-order valence-electron chi connectivity index (χ3n) is 6.11. The van der Waals surface area contributed by atoms with Crippen molar-refractivity contribution in [1.82, 2.24) is 14.9 Å². The quantitative estimate of drug-likeness (QED) is 0.370. The van der Waals surface area contributed by atoms with Gasteiger partial charge in [0.1, 0.15) is 28.8 Å². The van der Waals surface area contributed by atoms with Crippen molar-refractivity contribution in [2.75, 3.05) is 44.2 Å². The molecule has 5 rings (SSSR count). The van der Waals surface area contributed by atoms with Gasteiger partial charge in [0.25, 0.3) is 0 Å². The first-order valence-corrected chi connectivity index (χ1v) is 12.6. The number of piperazine rings is 1. The van der Waals surface area contributed by atoms with Crippen LogP contribution in [0.2, 0.25) is 0 Å². The molecule has 0 aliphatic carbocycles. The summed E-state index contributed by atoms with van der Waals surface area (Å²) in [6, 6.07) is 22.9. The van der Waals surface area contributed by atoms with Crippen LogP contribution in [0.25, 0.3) is 10.2 Å². The highest BCUT2D eigenvalue weighted by atomic mass is 32.1. The summed E-state index contributed by atoms with van der Waals surface area (Å²) >= 11 is 1.80. The fourth-order valence-electron chi connectivity index (χ4n) is 4.26. The molecule has 0 atom stereocenters. The van der Waals surface area contributed by atoms with Crippen molar-refractivity contribution in [3.05, 3.63) is 83.0 Å². The average Bonchev–Trinajstić information content (AvgIpc) is 3.29. The summed E-state index contributed by atoms with van der Waals surface area (Å²) < 4.78 is 5.89. The maximum absolute atomic E-state index is 5.89. The number of thiophene rings is 1. The Kier molecular flexibility index (Phi) is 6.84. The van der Waals surface area contributed by atoms with Gasteiger partial charge in [-0.1, -0.05) is 55.5 Å². The van der Waals surface area contributed by atoms with Crippen LogP contribution in [0.15, 0.2) is 66.7 Å². The second-order valence-corrected chi connectivity index (χ2v) is 9.52. The van der Waals surface area contributed by atoms with Crippen molar-refractivity contribution < 1.29 is 4.74 Å².